The average molecular weight is 262 g/mol. The van der Waals surface area contributed by atoms with E-state index in [2.05, 4.69) is 13.8 Å². The molecule has 0 unspecified atom stereocenters. The van der Waals surface area contributed by atoms with E-state index in [4.69, 9.17) is 10.5 Å². The van der Waals surface area contributed by atoms with E-state index in [0.717, 1.165) is 18.4 Å². The molecule has 1 aromatic carbocycles. The van der Waals surface area contributed by atoms with Crippen LogP contribution in [0.2, 0.25) is 0 Å². The molecule has 2 nitrogen and oxygen atoms in total. The van der Waals surface area contributed by atoms with E-state index in [-0.39, 0.29) is 30.0 Å². The number of rotatable bonds is 5. The Balaban J connectivity index is 0.00000256. The molecule has 0 amide bonds. The van der Waals surface area contributed by atoms with Crippen LogP contribution in [-0.4, -0.2) is 7.11 Å². The van der Waals surface area contributed by atoms with Crippen molar-refractivity contribution < 1.29 is 9.13 Å². The topological polar surface area (TPSA) is 35.2 Å². The highest BCUT2D eigenvalue weighted by Crippen LogP contribution is 2.24. The van der Waals surface area contributed by atoms with Gasteiger partial charge in [0.2, 0.25) is 0 Å². The molecule has 98 valence electrons. The fraction of sp³-hybridized carbons (Fsp3) is 0.538. The minimum atomic E-state index is -0.345. The summed E-state index contributed by atoms with van der Waals surface area (Å²) in [6, 6.07) is 4.77. The molecule has 0 aliphatic carbocycles. The molecule has 0 saturated heterocycles. The molecule has 1 atom stereocenters. The first-order valence-corrected chi connectivity index (χ1v) is 5.63. The third-order valence-corrected chi connectivity index (χ3v) is 2.66. The van der Waals surface area contributed by atoms with Gasteiger partial charge in [-0.25, -0.2) is 4.39 Å². The van der Waals surface area contributed by atoms with E-state index in [9.17, 15) is 4.39 Å². The van der Waals surface area contributed by atoms with Gasteiger partial charge in [-0.2, -0.15) is 0 Å². The Kier molecular flexibility index (Phi) is 7.16. The van der Waals surface area contributed by atoms with Crippen LogP contribution >= 0.6 is 12.4 Å². The van der Waals surface area contributed by atoms with Crippen molar-refractivity contribution in [3.05, 3.63) is 29.6 Å². The van der Waals surface area contributed by atoms with Crippen LogP contribution in [0.25, 0.3) is 0 Å². The lowest BCUT2D eigenvalue weighted by atomic mass is 9.98. The summed E-state index contributed by atoms with van der Waals surface area (Å²) in [5.41, 5.74) is 6.97. The van der Waals surface area contributed by atoms with Crippen molar-refractivity contribution in [2.24, 2.45) is 11.7 Å². The van der Waals surface area contributed by atoms with Gasteiger partial charge in [-0.05, 0) is 36.5 Å². The molecule has 4 heteroatoms. The third-order valence-electron chi connectivity index (χ3n) is 2.66. The summed E-state index contributed by atoms with van der Waals surface area (Å²) in [4.78, 5) is 0. The van der Waals surface area contributed by atoms with Gasteiger partial charge in [-0.1, -0.05) is 19.9 Å². The molecular weight excluding hydrogens is 241 g/mol. The van der Waals surface area contributed by atoms with Crippen molar-refractivity contribution in [1.29, 1.82) is 0 Å². The third kappa shape index (κ3) is 4.92. The summed E-state index contributed by atoms with van der Waals surface area (Å²) in [5.74, 6) is 0.549. The zero-order valence-corrected chi connectivity index (χ0v) is 11.4. The Morgan fingerprint density at radius 1 is 1.29 bits per heavy atom. The molecule has 0 radical (unpaired) electrons. The van der Waals surface area contributed by atoms with Crippen LogP contribution in [0.5, 0.6) is 5.75 Å². The smallest absolute Gasteiger partial charge is 0.165 e. The maximum atomic E-state index is 13.2. The molecule has 1 aromatic rings. The molecule has 0 fully saturated rings. The first-order chi connectivity index (χ1) is 7.54. The van der Waals surface area contributed by atoms with Crippen LogP contribution in [0.4, 0.5) is 4.39 Å². The SMILES string of the molecule is COc1cc([C@H](N)CCC(C)C)ccc1F.Cl. The van der Waals surface area contributed by atoms with E-state index in [1.807, 2.05) is 0 Å². The standard InChI is InChI=1S/C13H20FNO.ClH/c1-9(2)4-7-12(15)10-5-6-11(14)13(8-10)16-3;/h5-6,8-9,12H,4,7,15H2,1-3H3;1H/t12-;/m1./s1. The molecule has 0 bridgehead atoms. The molecule has 2 N–H and O–H groups in total. The van der Waals surface area contributed by atoms with Crippen molar-refractivity contribution in [3.63, 3.8) is 0 Å². The fourth-order valence-electron chi connectivity index (χ4n) is 1.59. The summed E-state index contributed by atoms with van der Waals surface area (Å²) in [5, 5.41) is 0. The number of benzene rings is 1. The Morgan fingerprint density at radius 2 is 1.94 bits per heavy atom. The Hall–Kier alpha value is -0.800. The van der Waals surface area contributed by atoms with Crippen molar-refractivity contribution in [2.75, 3.05) is 7.11 Å². The summed E-state index contributed by atoms with van der Waals surface area (Å²) in [7, 11) is 1.46. The van der Waals surface area contributed by atoms with Crippen LogP contribution in [0.15, 0.2) is 18.2 Å². The Bertz CT molecular complexity index is 344. The highest BCUT2D eigenvalue weighted by molar-refractivity contribution is 5.85. The molecule has 17 heavy (non-hydrogen) atoms. The fourth-order valence-corrected chi connectivity index (χ4v) is 1.59. The van der Waals surface area contributed by atoms with Crippen molar-refractivity contribution in [1.82, 2.24) is 0 Å². The van der Waals surface area contributed by atoms with Crippen molar-refractivity contribution in [2.45, 2.75) is 32.7 Å². The van der Waals surface area contributed by atoms with E-state index >= 15 is 0 Å². The van der Waals surface area contributed by atoms with Gasteiger partial charge in [0.1, 0.15) is 0 Å². The van der Waals surface area contributed by atoms with E-state index < -0.39 is 0 Å². The van der Waals surface area contributed by atoms with Gasteiger partial charge < -0.3 is 10.5 Å². The van der Waals surface area contributed by atoms with Gasteiger partial charge in [0.05, 0.1) is 7.11 Å². The number of nitrogens with two attached hydrogens (primary N) is 1. The van der Waals surface area contributed by atoms with Crippen LogP contribution in [-0.2, 0) is 0 Å². The summed E-state index contributed by atoms with van der Waals surface area (Å²) >= 11 is 0. The molecule has 0 saturated carbocycles. The summed E-state index contributed by atoms with van der Waals surface area (Å²) in [6.07, 6.45) is 1.98. The lowest BCUT2D eigenvalue weighted by molar-refractivity contribution is 0.385. The maximum Gasteiger partial charge on any atom is 0.165 e. The van der Waals surface area contributed by atoms with Gasteiger partial charge in [-0.3, -0.25) is 0 Å². The first kappa shape index (κ1) is 16.2. The van der Waals surface area contributed by atoms with Crippen molar-refractivity contribution in [3.8, 4) is 5.75 Å². The quantitative estimate of drug-likeness (QED) is 0.877. The zero-order chi connectivity index (χ0) is 12.1. The molecule has 0 spiro atoms. The number of hydrogen-bond acceptors (Lipinski definition) is 2. The van der Waals surface area contributed by atoms with Gasteiger partial charge in [0.25, 0.3) is 0 Å². The second kappa shape index (κ2) is 7.51. The van der Waals surface area contributed by atoms with Gasteiger partial charge in [0, 0.05) is 6.04 Å². The number of methoxy groups -OCH3 is 1. The van der Waals surface area contributed by atoms with Crippen molar-refractivity contribution >= 4 is 12.4 Å². The predicted molar refractivity (Wildman–Crippen MR) is 71.2 cm³/mol. The van der Waals surface area contributed by atoms with Gasteiger partial charge in [-0.15, -0.1) is 12.4 Å². The van der Waals surface area contributed by atoms with E-state index in [0.29, 0.717) is 5.92 Å². The molecule has 1 rings (SSSR count). The predicted octanol–water partition coefficient (Wildman–Crippen LogP) is 3.69. The van der Waals surface area contributed by atoms with Crippen LogP contribution in [0, 0.1) is 11.7 Å². The minimum Gasteiger partial charge on any atom is -0.494 e. The second-order valence-electron chi connectivity index (χ2n) is 4.47. The normalized spacial score (nSPS) is 12.1. The average Bonchev–Trinajstić information content (AvgIpc) is 2.26. The van der Waals surface area contributed by atoms with Crippen LogP contribution in [0.3, 0.4) is 0 Å². The molecule has 0 aromatic heterocycles. The van der Waals surface area contributed by atoms with Crippen LogP contribution < -0.4 is 10.5 Å². The number of halogens is 2. The maximum absolute atomic E-state index is 13.2. The molecule has 0 heterocycles. The Morgan fingerprint density at radius 3 is 2.47 bits per heavy atom. The van der Waals surface area contributed by atoms with Crippen LogP contribution in [0.1, 0.15) is 38.3 Å². The molecule has 0 aliphatic rings. The second-order valence-corrected chi connectivity index (χ2v) is 4.47. The zero-order valence-electron chi connectivity index (χ0n) is 10.6. The van der Waals surface area contributed by atoms with Gasteiger partial charge >= 0.3 is 0 Å². The van der Waals surface area contributed by atoms with Gasteiger partial charge in [0.15, 0.2) is 11.6 Å². The Labute approximate surface area is 109 Å². The minimum absolute atomic E-state index is 0. The number of ether oxygens (including phenoxy) is 1. The number of hydrogen-bond donors (Lipinski definition) is 1. The largest absolute Gasteiger partial charge is 0.494 e. The lowest BCUT2D eigenvalue weighted by Crippen LogP contribution is -2.11. The summed E-state index contributed by atoms with van der Waals surface area (Å²) < 4.78 is 18.1. The lowest BCUT2D eigenvalue weighted by Gasteiger charge is -2.14. The van der Waals surface area contributed by atoms with E-state index in [1.165, 1.54) is 13.2 Å². The highest BCUT2D eigenvalue weighted by atomic mass is 35.5. The summed E-state index contributed by atoms with van der Waals surface area (Å²) in [6.45, 7) is 4.33. The molecule has 0 aliphatic heterocycles. The highest BCUT2D eigenvalue weighted by Gasteiger charge is 2.10. The molecular formula is C13H21ClFNO. The van der Waals surface area contributed by atoms with E-state index in [1.54, 1.807) is 12.1 Å². The monoisotopic (exact) mass is 261 g/mol. The first-order valence-electron chi connectivity index (χ1n) is 5.63.